The topological polar surface area (TPSA) is 84.7 Å². The molecule has 6 nitrogen and oxygen atoms in total. The van der Waals surface area contributed by atoms with Crippen LogP contribution in [0.4, 0.5) is 14.0 Å². The lowest BCUT2D eigenvalue weighted by Crippen LogP contribution is -2.48. The summed E-state index contributed by atoms with van der Waals surface area (Å²) in [7, 11) is 0. The van der Waals surface area contributed by atoms with Gasteiger partial charge in [-0.1, -0.05) is 12.1 Å². The van der Waals surface area contributed by atoms with Crippen molar-refractivity contribution in [2.45, 2.75) is 32.8 Å². The average molecular weight is 325 g/mol. The van der Waals surface area contributed by atoms with Crippen LogP contribution in [-0.4, -0.2) is 42.3 Å². The van der Waals surface area contributed by atoms with Gasteiger partial charge in [0.05, 0.1) is 0 Å². The van der Waals surface area contributed by atoms with Crippen molar-refractivity contribution in [3.05, 3.63) is 35.6 Å². The molecule has 0 spiro atoms. The van der Waals surface area contributed by atoms with Gasteiger partial charge in [0.1, 0.15) is 11.4 Å². The minimum atomic E-state index is -0.734. The molecule has 0 aliphatic heterocycles. The zero-order valence-electron chi connectivity index (χ0n) is 13.8. The van der Waals surface area contributed by atoms with E-state index in [-0.39, 0.29) is 18.9 Å². The van der Waals surface area contributed by atoms with Gasteiger partial charge >= 0.3 is 12.1 Å². The lowest BCUT2D eigenvalue weighted by atomic mass is 10.1. The van der Waals surface area contributed by atoms with E-state index in [2.05, 4.69) is 5.32 Å². The fraction of sp³-hybridized carbons (Fsp3) is 0.500. The highest BCUT2D eigenvalue weighted by molar-refractivity contribution is 5.91. The molecule has 0 radical (unpaired) electrons. The Labute approximate surface area is 135 Å². The van der Waals surface area contributed by atoms with Crippen molar-refractivity contribution >= 4 is 12.1 Å². The molecule has 7 heteroatoms. The van der Waals surface area contributed by atoms with Crippen LogP contribution in [-0.2, 0) is 11.2 Å². The number of benzene rings is 1. The summed E-state index contributed by atoms with van der Waals surface area (Å²) in [6.45, 7) is 5.68. The highest BCUT2D eigenvalue weighted by atomic mass is 19.1. The first kappa shape index (κ1) is 18.9. The molecule has 0 aromatic heterocycles. The Morgan fingerprint density at radius 2 is 1.87 bits per heavy atom. The summed E-state index contributed by atoms with van der Waals surface area (Å²) in [6, 6.07) is 5.45. The summed E-state index contributed by atoms with van der Waals surface area (Å²) in [5.41, 5.74) is 5.63. The molecule has 0 heterocycles. The van der Waals surface area contributed by atoms with Gasteiger partial charge in [0.2, 0.25) is 0 Å². The van der Waals surface area contributed by atoms with Crippen LogP contribution in [0.25, 0.3) is 0 Å². The van der Waals surface area contributed by atoms with Crippen LogP contribution in [0.15, 0.2) is 24.3 Å². The van der Waals surface area contributed by atoms with Gasteiger partial charge in [-0.2, -0.15) is 0 Å². The fourth-order valence-corrected chi connectivity index (χ4v) is 1.78. The lowest BCUT2D eigenvalue weighted by molar-refractivity contribution is 0.0325. The Kier molecular flexibility index (Phi) is 6.96. The number of rotatable bonds is 5. The first-order chi connectivity index (χ1) is 10.7. The molecule has 3 N–H and O–H groups in total. The molecule has 1 aromatic carbocycles. The predicted molar refractivity (Wildman–Crippen MR) is 85.5 cm³/mol. The van der Waals surface area contributed by atoms with E-state index in [1.807, 2.05) is 0 Å². The van der Waals surface area contributed by atoms with Gasteiger partial charge in [-0.3, -0.25) is 0 Å². The Morgan fingerprint density at radius 1 is 1.26 bits per heavy atom. The van der Waals surface area contributed by atoms with Crippen molar-refractivity contribution in [1.29, 1.82) is 0 Å². The van der Waals surface area contributed by atoms with E-state index in [1.165, 1.54) is 12.1 Å². The van der Waals surface area contributed by atoms with Gasteiger partial charge in [-0.25, -0.2) is 18.9 Å². The highest BCUT2D eigenvalue weighted by Crippen LogP contribution is 2.10. The smallest absolute Gasteiger partial charge is 0.418 e. The normalized spacial score (nSPS) is 11.0. The summed E-state index contributed by atoms with van der Waals surface area (Å²) < 4.78 is 18.0. The SMILES string of the molecule is CC(C)(C)OC(=O)N(CCN)C(=O)NCCc1ccc(F)cc1. The molecule has 0 atom stereocenters. The van der Waals surface area contributed by atoms with Gasteiger partial charge in [0.25, 0.3) is 0 Å². The maximum Gasteiger partial charge on any atom is 0.418 e. The molecule has 3 amide bonds. The summed E-state index contributed by atoms with van der Waals surface area (Å²) in [4.78, 5) is 25.1. The van der Waals surface area contributed by atoms with Crippen molar-refractivity contribution in [2.75, 3.05) is 19.6 Å². The monoisotopic (exact) mass is 325 g/mol. The highest BCUT2D eigenvalue weighted by Gasteiger charge is 2.26. The van der Waals surface area contributed by atoms with E-state index in [0.29, 0.717) is 13.0 Å². The second-order valence-electron chi connectivity index (χ2n) is 6.03. The minimum Gasteiger partial charge on any atom is -0.443 e. The zero-order valence-corrected chi connectivity index (χ0v) is 13.8. The Morgan fingerprint density at radius 3 is 2.39 bits per heavy atom. The van der Waals surface area contributed by atoms with E-state index in [4.69, 9.17) is 10.5 Å². The number of hydrogen-bond donors (Lipinski definition) is 2. The second kappa shape index (κ2) is 8.47. The standard InChI is InChI=1S/C16H24FN3O3/c1-16(2,3)23-15(22)20(11-9-18)14(21)19-10-8-12-4-6-13(17)7-5-12/h4-7H,8-11,18H2,1-3H3,(H,19,21). The largest absolute Gasteiger partial charge is 0.443 e. The number of nitrogens with zero attached hydrogens (tertiary/aromatic N) is 1. The first-order valence-corrected chi connectivity index (χ1v) is 7.46. The molecular formula is C16H24FN3O3. The van der Waals surface area contributed by atoms with Crippen LogP contribution in [0, 0.1) is 5.82 Å². The average Bonchev–Trinajstić information content (AvgIpc) is 2.44. The number of urea groups is 1. The number of ether oxygens (including phenoxy) is 1. The Balaban J connectivity index is 2.53. The number of amides is 3. The fourth-order valence-electron chi connectivity index (χ4n) is 1.78. The number of imide groups is 1. The van der Waals surface area contributed by atoms with Crippen LogP contribution >= 0.6 is 0 Å². The second-order valence-corrected chi connectivity index (χ2v) is 6.03. The molecular weight excluding hydrogens is 301 g/mol. The number of hydrogen-bond acceptors (Lipinski definition) is 4. The van der Waals surface area contributed by atoms with Gasteiger partial charge in [-0.15, -0.1) is 0 Å². The third-order valence-electron chi connectivity index (χ3n) is 2.81. The predicted octanol–water partition coefficient (Wildman–Crippen LogP) is 2.27. The van der Waals surface area contributed by atoms with Gasteiger partial charge in [0.15, 0.2) is 0 Å². The summed E-state index contributed by atoms with van der Waals surface area (Å²) >= 11 is 0. The van der Waals surface area contributed by atoms with Crippen LogP contribution in [0.2, 0.25) is 0 Å². The molecule has 0 aliphatic carbocycles. The summed E-state index contributed by atoms with van der Waals surface area (Å²) in [5.74, 6) is -0.308. The molecule has 23 heavy (non-hydrogen) atoms. The quantitative estimate of drug-likeness (QED) is 0.870. The first-order valence-electron chi connectivity index (χ1n) is 7.46. The van der Waals surface area contributed by atoms with Crippen molar-refractivity contribution in [1.82, 2.24) is 10.2 Å². The van der Waals surface area contributed by atoms with Crippen LogP contribution < -0.4 is 11.1 Å². The number of carbonyl (C=O) groups excluding carboxylic acids is 2. The van der Waals surface area contributed by atoms with E-state index in [1.54, 1.807) is 32.9 Å². The molecule has 0 aliphatic rings. The number of carbonyl (C=O) groups is 2. The molecule has 0 saturated heterocycles. The molecule has 1 rings (SSSR count). The molecule has 0 bridgehead atoms. The van der Waals surface area contributed by atoms with E-state index in [9.17, 15) is 14.0 Å². The summed E-state index contributed by atoms with van der Waals surface area (Å²) in [6.07, 6.45) is -0.209. The van der Waals surface area contributed by atoms with Gasteiger partial charge < -0.3 is 15.8 Å². The molecule has 1 aromatic rings. The van der Waals surface area contributed by atoms with Crippen LogP contribution in [0.1, 0.15) is 26.3 Å². The van der Waals surface area contributed by atoms with E-state index < -0.39 is 17.7 Å². The number of nitrogens with two attached hydrogens (primary N) is 1. The number of nitrogens with one attached hydrogen (secondary N) is 1. The lowest BCUT2D eigenvalue weighted by Gasteiger charge is -2.26. The van der Waals surface area contributed by atoms with Crippen molar-refractivity contribution in [3.8, 4) is 0 Å². The maximum atomic E-state index is 12.8. The van der Waals surface area contributed by atoms with Gasteiger partial charge in [0, 0.05) is 19.6 Å². The third kappa shape index (κ3) is 7.10. The molecule has 0 fully saturated rings. The van der Waals surface area contributed by atoms with Crippen molar-refractivity contribution in [3.63, 3.8) is 0 Å². The minimum absolute atomic E-state index is 0.0668. The van der Waals surface area contributed by atoms with Crippen molar-refractivity contribution < 1.29 is 18.7 Å². The van der Waals surface area contributed by atoms with Crippen LogP contribution in [0.5, 0.6) is 0 Å². The molecule has 0 saturated carbocycles. The number of halogens is 1. The summed E-state index contributed by atoms with van der Waals surface area (Å²) in [5, 5.41) is 2.63. The van der Waals surface area contributed by atoms with E-state index in [0.717, 1.165) is 10.5 Å². The maximum absolute atomic E-state index is 12.8. The van der Waals surface area contributed by atoms with E-state index >= 15 is 0 Å². The Bertz CT molecular complexity index is 526. The zero-order chi connectivity index (χ0) is 17.5. The van der Waals surface area contributed by atoms with Crippen LogP contribution in [0.3, 0.4) is 0 Å². The third-order valence-corrected chi connectivity index (χ3v) is 2.81. The molecule has 128 valence electrons. The van der Waals surface area contributed by atoms with Gasteiger partial charge in [-0.05, 0) is 44.9 Å². The molecule has 0 unspecified atom stereocenters. The Hall–Kier alpha value is -2.15. The van der Waals surface area contributed by atoms with Crippen molar-refractivity contribution in [2.24, 2.45) is 5.73 Å².